The number of aliphatic imine (C=N–C) groups is 1. The predicted octanol–water partition coefficient (Wildman–Crippen LogP) is 10.4. The molecule has 0 saturated carbocycles. The van der Waals surface area contributed by atoms with Crippen molar-refractivity contribution in [2.24, 2.45) is 4.99 Å². The van der Waals surface area contributed by atoms with Crippen molar-refractivity contribution in [3.63, 3.8) is 0 Å². The average Bonchev–Trinajstić information content (AvgIpc) is 2.91. The van der Waals surface area contributed by atoms with Crippen LogP contribution in [0.4, 0.5) is 47.9 Å². The molecule has 2 aromatic heterocycles. The van der Waals surface area contributed by atoms with Gasteiger partial charge < -0.3 is 14.7 Å². The Bertz CT molecular complexity index is 1760. The van der Waals surface area contributed by atoms with Crippen LogP contribution in [-0.2, 0) is 17.1 Å². The summed E-state index contributed by atoms with van der Waals surface area (Å²) >= 11 is 0. The van der Waals surface area contributed by atoms with Crippen LogP contribution in [0.2, 0.25) is 0 Å². The van der Waals surface area contributed by atoms with Crippen molar-refractivity contribution in [3.05, 3.63) is 96.3 Å². The van der Waals surface area contributed by atoms with Gasteiger partial charge in [0, 0.05) is 50.4 Å². The molecule has 14 heteroatoms. The van der Waals surface area contributed by atoms with E-state index in [9.17, 15) is 25.2 Å². The number of fused-ring (bicyclic) bond motifs is 2. The van der Waals surface area contributed by atoms with Crippen LogP contribution in [0, 0.1) is 13.8 Å². The fraction of sp³-hybridized carbons (Fsp3) is 0.194. The van der Waals surface area contributed by atoms with Crippen molar-refractivity contribution in [1.29, 1.82) is 0 Å². The van der Waals surface area contributed by atoms with E-state index >= 15 is 0 Å². The molecular weight excluding hydrogens is 665 g/mol. The van der Waals surface area contributed by atoms with Crippen molar-refractivity contribution in [2.75, 3.05) is 33.1 Å². The molecule has 0 N–H and O–H groups in total. The van der Waals surface area contributed by atoms with Crippen molar-refractivity contribution in [3.8, 4) is 0 Å². The number of guanidine groups is 1. The van der Waals surface area contributed by atoms with E-state index in [0.717, 1.165) is 61.9 Å². The summed E-state index contributed by atoms with van der Waals surface area (Å²) in [7, 11) is -2.63. The molecule has 5 aromatic rings. The number of aromatic nitrogens is 2. The minimum atomic E-state index is -10.7. The molecule has 0 bridgehead atoms. The first-order chi connectivity index (χ1) is 20.3. The first kappa shape index (κ1) is 35.6. The average molecular weight is 697 g/mol. The molecule has 2 heterocycles. The van der Waals surface area contributed by atoms with Gasteiger partial charge in [-0.3, -0.25) is 9.97 Å². The Kier molecular flexibility index (Phi) is 9.85. The van der Waals surface area contributed by atoms with E-state index in [-0.39, 0.29) is 17.1 Å². The zero-order valence-corrected chi connectivity index (χ0v) is 27.1. The van der Waals surface area contributed by atoms with Crippen molar-refractivity contribution < 1.29 is 42.3 Å². The quantitative estimate of drug-likeness (QED) is 0.0615. The zero-order valence-electron chi connectivity index (χ0n) is 25.3. The minimum Gasteiger partial charge on any atom is 1.00 e. The van der Waals surface area contributed by atoms with E-state index in [4.69, 9.17) is 15.0 Å². The number of anilines is 3. The molecule has 0 aliphatic heterocycles. The molecule has 5 rings (SSSR count). The number of hydrogen-bond donors (Lipinski definition) is 0. The molecule has 3 aromatic carbocycles. The van der Waals surface area contributed by atoms with Gasteiger partial charge in [-0.1, -0.05) is 48.5 Å². The Balaban J connectivity index is 0.000000621. The SMILES string of the molecule is Cc1ccc2cccc(N(c3ccccc3N=C(N(C)C)N(C)C)c3cccc4ccc(C)nc34)c2n1.F[P-](F)(F)(F)(F)F.[Cu+]. The van der Waals surface area contributed by atoms with Crippen molar-refractivity contribution >= 4 is 58.3 Å². The van der Waals surface area contributed by atoms with E-state index in [1.165, 1.54) is 0 Å². The summed E-state index contributed by atoms with van der Waals surface area (Å²) in [5, 5.41) is 2.17. The second-order valence-corrected chi connectivity index (χ2v) is 12.5. The zero-order chi connectivity index (χ0) is 32.5. The van der Waals surface area contributed by atoms with E-state index in [0.29, 0.717) is 0 Å². The molecule has 0 amide bonds. The minimum absolute atomic E-state index is 0. The molecule has 45 heavy (non-hydrogen) atoms. The topological polar surface area (TPSA) is 47.9 Å². The van der Waals surface area contributed by atoms with Gasteiger partial charge in [0.25, 0.3) is 0 Å². The summed E-state index contributed by atoms with van der Waals surface area (Å²) in [5.74, 6) is 0.853. The van der Waals surface area contributed by atoms with E-state index in [1.807, 2.05) is 57.9 Å². The maximum Gasteiger partial charge on any atom is 1.00 e. The summed E-state index contributed by atoms with van der Waals surface area (Å²) in [6.45, 7) is 4.06. The number of benzene rings is 3. The standard InChI is InChI=1S/C31H32N6.Cu.F6P/c1-21-17-19-23-11-9-15-27(29(23)32-21)37(28-16-10-12-24-20-18-22(2)33-30(24)28)26-14-8-7-13-25(26)34-31(35(3)4)36(5)6;;1-7(2,3,4,5)6/h7-20H,1-6H3;;/q;+1;-1. The van der Waals surface area contributed by atoms with Gasteiger partial charge in [0.15, 0.2) is 0 Å². The number of halogens is 6. The summed E-state index contributed by atoms with van der Waals surface area (Å²) in [5.41, 5.74) is 7.59. The Hall–Kier alpha value is -3.92. The number of pyridine rings is 2. The number of rotatable bonds is 4. The fourth-order valence-corrected chi connectivity index (χ4v) is 4.66. The first-order valence-electron chi connectivity index (χ1n) is 13.4. The molecule has 6 nitrogen and oxygen atoms in total. The van der Waals surface area contributed by atoms with Crippen LogP contribution in [0.3, 0.4) is 0 Å². The van der Waals surface area contributed by atoms with Gasteiger partial charge in [-0.15, -0.1) is 0 Å². The molecule has 0 saturated heterocycles. The first-order valence-corrected chi connectivity index (χ1v) is 15.4. The van der Waals surface area contributed by atoms with Crippen molar-refractivity contribution in [1.82, 2.24) is 19.8 Å². The van der Waals surface area contributed by atoms with E-state index < -0.39 is 7.81 Å². The molecular formula is C31H32CuF6N6P. The Morgan fingerprint density at radius 1 is 0.578 bits per heavy atom. The van der Waals surface area contributed by atoms with Crippen LogP contribution in [0.1, 0.15) is 11.4 Å². The molecule has 244 valence electrons. The fourth-order valence-electron chi connectivity index (χ4n) is 4.66. The molecule has 0 atom stereocenters. The van der Waals surface area contributed by atoms with Gasteiger partial charge in [-0.2, -0.15) is 0 Å². The molecule has 0 radical (unpaired) electrons. The third-order valence-electron chi connectivity index (χ3n) is 6.30. The number of para-hydroxylation sites is 4. The number of nitrogens with zero attached hydrogens (tertiary/aromatic N) is 6. The van der Waals surface area contributed by atoms with Crippen LogP contribution in [0.5, 0.6) is 0 Å². The van der Waals surface area contributed by atoms with Crippen molar-refractivity contribution in [2.45, 2.75) is 13.8 Å². The van der Waals surface area contributed by atoms with Gasteiger partial charge in [-0.25, -0.2) is 4.99 Å². The van der Waals surface area contributed by atoms with Crippen LogP contribution >= 0.6 is 7.81 Å². The maximum absolute atomic E-state index is 10.7. The summed E-state index contributed by atoms with van der Waals surface area (Å²) in [4.78, 5) is 21.4. The van der Waals surface area contributed by atoms with Gasteiger partial charge >= 0.3 is 50.1 Å². The van der Waals surface area contributed by atoms with Gasteiger partial charge in [-0.05, 0) is 50.2 Å². The van der Waals surface area contributed by atoms with Gasteiger partial charge in [0.05, 0.1) is 33.8 Å². The summed E-state index contributed by atoms with van der Waals surface area (Å²) in [6.07, 6.45) is 0. The monoisotopic (exact) mass is 696 g/mol. The molecule has 0 aliphatic rings. The van der Waals surface area contributed by atoms with E-state index in [1.54, 1.807) is 0 Å². The van der Waals surface area contributed by atoms with Gasteiger partial charge in [0.1, 0.15) is 0 Å². The number of hydrogen-bond acceptors (Lipinski definition) is 4. The summed E-state index contributed by atoms with van der Waals surface area (Å²) < 4.78 is 59.2. The molecule has 0 aliphatic carbocycles. The largest absolute Gasteiger partial charge is 1.00 e. The Labute approximate surface area is 268 Å². The third-order valence-corrected chi connectivity index (χ3v) is 6.30. The Morgan fingerprint density at radius 2 is 0.978 bits per heavy atom. The van der Waals surface area contributed by atoms with Crippen LogP contribution in [0.15, 0.2) is 89.9 Å². The smallest absolute Gasteiger partial charge is 1.00 e. The van der Waals surface area contributed by atoms with Crippen LogP contribution in [0.25, 0.3) is 21.8 Å². The van der Waals surface area contributed by atoms with E-state index in [2.05, 4.69) is 83.8 Å². The predicted molar refractivity (Wildman–Crippen MR) is 169 cm³/mol. The second-order valence-electron chi connectivity index (χ2n) is 10.6. The molecule has 0 spiro atoms. The summed E-state index contributed by atoms with van der Waals surface area (Å²) in [6, 6.07) is 29.3. The molecule has 0 unspecified atom stereocenters. The number of aryl methyl sites for hydroxylation is 2. The Morgan fingerprint density at radius 3 is 1.40 bits per heavy atom. The normalized spacial score (nSPS) is 12.6. The third kappa shape index (κ3) is 9.78. The van der Waals surface area contributed by atoms with Gasteiger partial charge in [0.2, 0.25) is 5.96 Å². The second kappa shape index (κ2) is 12.5. The van der Waals surface area contributed by atoms with Crippen LogP contribution in [-0.4, -0.2) is 53.9 Å². The molecule has 0 fully saturated rings. The van der Waals surface area contributed by atoms with Crippen LogP contribution < -0.4 is 4.90 Å². The maximum atomic E-state index is 9.87.